The molecule has 12 heavy (non-hydrogen) atoms. The average molecular weight is 231 g/mol. The van der Waals surface area contributed by atoms with Gasteiger partial charge in [-0.15, -0.1) is 0 Å². The summed E-state index contributed by atoms with van der Waals surface area (Å²) in [4.78, 5) is 0. The standard InChI is InChI=1S/C9H8BrFO/c1-3-6-7(10)4-5-8(12-2)9(6)11/h3-5H,1H2,2H3. The van der Waals surface area contributed by atoms with Gasteiger partial charge in [0.15, 0.2) is 11.6 Å². The molecule has 0 N–H and O–H groups in total. The minimum absolute atomic E-state index is 0.230. The van der Waals surface area contributed by atoms with Crippen LogP contribution in [0.15, 0.2) is 23.2 Å². The first-order chi connectivity index (χ1) is 5.70. The largest absolute Gasteiger partial charge is 0.494 e. The second-order valence-corrected chi connectivity index (χ2v) is 3.04. The minimum atomic E-state index is -0.387. The Morgan fingerprint density at radius 2 is 2.25 bits per heavy atom. The fourth-order valence-corrected chi connectivity index (χ4v) is 1.36. The lowest BCUT2D eigenvalue weighted by Crippen LogP contribution is -1.91. The fraction of sp³-hybridized carbons (Fsp3) is 0.111. The van der Waals surface area contributed by atoms with E-state index in [0.29, 0.717) is 10.0 Å². The first-order valence-corrected chi connectivity index (χ1v) is 4.14. The van der Waals surface area contributed by atoms with Crippen molar-refractivity contribution in [3.63, 3.8) is 0 Å². The maximum atomic E-state index is 13.3. The predicted molar refractivity (Wildman–Crippen MR) is 50.7 cm³/mol. The molecule has 0 saturated carbocycles. The summed E-state index contributed by atoms with van der Waals surface area (Å²) in [5.74, 6) is -0.157. The van der Waals surface area contributed by atoms with Crippen LogP contribution in [0.5, 0.6) is 5.75 Å². The molecule has 0 amide bonds. The second kappa shape index (κ2) is 3.72. The molecule has 1 nitrogen and oxygen atoms in total. The maximum absolute atomic E-state index is 13.3. The summed E-state index contributed by atoms with van der Waals surface area (Å²) in [7, 11) is 1.43. The van der Waals surface area contributed by atoms with Crippen LogP contribution in [0.1, 0.15) is 5.56 Å². The van der Waals surface area contributed by atoms with E-state index < -0.39 is 0 Å². The predicted octanol–water partition coefficient (Wildman–Crippen LogP) is 3.24. The first-order valence-electron chi connectivity index (χ1n) is 3.35. The van der Waals surface area contributed by atoms with Gasteiger partial charge in [0.25, 0.3) is 0 Å². The van der Waals surface area contributed by atoms with Gasteiger partial charge in [-0.1, -0.05) is 28.6 Å². The summed E-state index contributed by atoms with van der Waals surface area (Å²) in [5.41, 5.74) is 0.425. The Morgan fingerprint density at radius 3 is 2.75 bits per heavy atom. The molecule has 0 spiro atoms. The van der Waals surface area contributed by atoms with Gasteiger partial charge < -0.3 is 4.74 Å². The van der Waals surface area contributed by atoms with Crippen LogP contribution in [0.2, 0.25) is 0 Å². The molecule has 0 aliphatic carbocycles. The molecule has 0 atom stereocenters. The van der Waals surface area contributed by atoms with Crippen LogP contribution < -0.4 is 4.74 Å². The Balaban J connectivity index is 3.33. The van der Waals surface area contributed by atoms with Gasteiger partial charge in [0, 0.05) is 10.0 Å². The van der Waals surface area contributed by atoms with E-state index in [1.807, 2.05) is 0 Å². The van der Waals surface area contributed by atoms with E-state index in [-0.39, 0.29) is 11.6 Å². The van der Waals surface area contributed by atoms with Gasteiger partial charge in [-0.25, -0.2) is 4.39 Å². The van der Waals surface area contributed by atoms with Gasteiger partial charge in [-0.2, -0.15) is 0 Å². The molecule has 1 rings (SSSR count). The van der Waals surface area contributed by atoms with Gasteiger partial charge in [0.05, 0.1) is 7.11 Å². The summed E-state index contributed by atoms with van der Waals surface area (Å²) in [6.45, 7) is 3.50. The van der Waals surface area contributed by atoms with Gasteiger partial charge in [-0.05, 0) is 12.1 Å². The number of hydrogen-bond donors (Lipinski definition) is 0. The summed E-state index contributed by atoms with van der Waals surface area (Å²) in [5, 5.41) is 0. The van der Waals surface area contributed by atoms with Crippen molar-refractivity contribution in [2.24, 2.45) is 0 Å². The van der Waals surface area contributed by atoms with Crippen molar-refractivity contribution in [1.82, 2.24) is 0 Å². The lowest BCUT2D eigenvalue weighted by atomic mass is 10.2. The fourth-order valence-electron chi connectivity index (χ4n) is 0.894. The molecule has 1 aromatic rings. The van der Waals surface area contributed by atoms with Crippen molar-refractivity contribution in [3.8, 4) is 5.75 Å². The zero-order valence-electron chi connectivity index (χ0n) is 6.60. The van der Waals surface area contributed by atoms with Crippen LogP contribution in [0.25, 0.3) is 6.08 Å². The molecule has 0 saturated heterocycles. The van der Waals surface area contributed by atoms with Crippen molar-refractivity contribution < 1.29 is 9.13 Å². The highest BCUT2D eigenvalue weighted by molar-refractivity contribution is 9.10. The van der Waals surface area contributed by atoms with E-state index in [1.54, 1.807) is 12.1 Å². The molecular formula is C9H8BrFO. The molecule has 0 heterocycles. The van der Waals surface area contributed by atoms with E-state index in [1.165, 1.54) is 13.2 Å². The Hall–Kier alpha value is -0.830. The molecule has 0 radical (unpaired) electrons. The molecular weight excluding hydrogens is 223 g/mol. The molecule has 0 bridgehead atoms. The Labute approximate surface area is 79.0 Å². The van der Waals surface area contributed by atoms with Crippen molar-refractivity contribution in [2.45, 2.75) is 0 Å². The van der Waals surface area contributed by atoms with Gasteiger partial charge in [-0.3, -0.25) is 0 Å². The summed E-state index contributed by atoms with van der Waals surface area (Å²) in [6.07, 6.45) is 1.45. The van der Waals surface area contributed by atoms with Crippen LogP contribution in [-0.4, -0.2) is 7.11 Å². The van der Waals surface area contributed by atoms with Crippen molar-refractivity contribution >= 4 is 22.0 Å². The highest BCUT2D eigenvalue weighted by Gasteiger charge is 2.08. The third kappa shape index (κ3) is 1.50. The van der Waals surface area contributed by atoms with E-state index in [0.717, 1.165) is 0 Å². The summed E-state index contributed by atoms with van der Waals surface area (Å²) < 4.78 is 18.8. The smallest absolute Gasteiger partial charge is 0.173 e. The van der Waals surface area contributed by atoms with Crippen LogP contribution in [0.3, 0.4) is 0 Å². The molecule has 3 heteroatoms. The number of halogens is 2. The van der Waals surface area contributed by atoms with E-state index in [2.05, 4.69) is 22.5 Å². The van der Waals surface area contributed by atoms with Crippen LogP contribution >= 0.6 is 15.9 Å². The van der Waals surface area contributed by atoms with Gasteiger partial charge in [0.2, 0.25) is 0 Å². The summed E-state index contributed by atoms with van der Waals surface area (Å²) in [6, 6.07) is 3.28. The Kier molecular flexibility index (Phi) is 2.87. The van der Waals surface area contributed by atoms with Crippen LogP contribution in [-0.2, 0) is 0 Å². The molecule has 1 aromatic carbocycles. The molecule has 64 valence electrons. The van der Waals surface area contributed by atoms with E-state index >= 15 is 0 Å². The molecule has 0 aliphatic rings. The first kappa shape index (κ1) is 9.26. The summed E-state index contributed by atoms with van der Waals surface area (Å²) >= 11 is 3.20. The SMILES string of the molecule is C=Cc1c(Br)ccc(OC)c1F. The normalized spacial score (nSPS) is 9.58. The van der Waals surface area contributed by atoms with Crippen molar-refractivity contribution in [2.75, 3.05) is 7.11 Å². The lowest BCUT2D eigenvalue weighted by Gasteiger charge is -2.05. The highest BCUT2D eigenvalue weighted by atomic mass is 79.9. The zero-order valence-corrected chi connectivity index (χ0v) is 8.19. The molecule has 0 unspecified atom stereocenters. The highest BCUT2D eigenvalue weighted by Crippen LogP contribution is 2.27. The number of hydrogen-bond acceptors (Lipinski definition) is 1. The third-order valence-electron chi connectivity index (χ3n) is 1.52. The van der Waals surface area contributed by atoms with Crippen molar-refractivity contribution in [1.29, 1.82) is 0 Å². The maximum Gasteiger partial charge on any atom is 0.173 e. The second-order valence-electron chi connectivity index (χ2n) is 2.18. The third-order valence-corrected chi connectivity index (χ3v) is 2.21. The van der Waals surface area contributed by atoms with Crippen molar-refractivity contribution in [3.05, 3.63) is 34.6 Å². The lowest BCUT2D eigenvalue weighted by molar-refractivity contribution is 0.386. The average Bonchev–Trinajstić information content (AvgIpc) is 2.06. The number of rotatable bonds is 2. The Morgan fingerprint density at radius 1 is 1.58 bits per heavy atom. The topological polar surface area (TPSA) is 9.23 Å². The minimum Gasteiger partial charge on any atom is -0.494 e. The number of ether oxygens (including phenoxy) is 1. The quantitative estimate of drug-likeness (QED) is 0.759. The molecule has 0 fully saturated rings. The van der Waals surface area contributed by atoms with E-state index in [4.69, 9.17) is 4.74 Å². The van der Waals surface area contributed by atoms with Crippen LogP contribution in [0.4, 0.5) is 4.39 Å². The zero-order chi connectivity index (χ0) is 9.14. The van der Waals surface area contributed by atoms with Gasteiger partial charge in [0.1, 0.15) is 0 Å². The van der Waals surface area contributed by atoms with E-state index in [9.17, 15) is 4.39 Å². The Bertz CT molecular complexity index is 310. The number of methoxy groups -OCH3 is 1. The molecule has 0 aliphatic heterocycles. The monoisotopic (exact) mass is 230 g/mol. The van der Waals surface area contributed by atoms with Gasteiger partial charge >= 0.3 is 0 Å². The molecule has 0 aromatic heterocycles. The van der Waals surface area contributed by atoms with Crippen LogP contribution in [0, 0.1) is 5.82 Å². The number of benzene rings is 1.